The monoisotopic (exact) mass is 254 g/mol. The Balaban J connectivity index is 2.00. The summed E-state index contributed by atoms with van der Waals surface area (Å²) in [6, 6.07) is 13.3. The second kappa shape index (κ2) is 5.22. The molecular formula is C17H22N2. The third-order valence-electron chi connectivity index (χ3n) is 4.20. The van der Waals surface area contributed by atoms with Crippen LogP contribution in [0, 0.1) is 0 Å². The van der Waals surface area contributed by atoms with Crippen molar-refractivity contribution in [1.82, 2.24) is 4.57 Å². The van der Waals surface area contributed by atoms with Gasteiger partial charge in [0.25, 0.3) is 0 Å². The maximum Gasteiger partial charge on any atom is 0.0475 e. The summed E-state index contributed by atoms with van der Waals surface area (Å²) in [6.07, 6.45) is 4.60. The van der Waals surface area contributed by atoms with Gasteiger partial charge in [0, 0.05) is 24.0 Å². The van der Waals surface area contributed by atoms with Gasteiger partial charge in [-0.15, -0.1) is 0 Å². The van der Waals surface area contributed by atoms with Crippen LogP contribution in [0.2, 0.25) is 0 Å². The number of nitrogens with zero attached hydrogens (tertiary/aromatic N) is 1. The number of aromatic nitrogens is 1. The quantitative estimate of drug-likeness (QED) is 0.893. The first-order valence-corrected chi connectivity index (χ1v) is 7.30. The molecule has 0 radical (unpaired) electrons. The standard InChI is InChI=1S/C17H22N2/c1-2-14-11-15-16(18)9-6-10-17(15)19(14)12-13-7-4-3-5-8-13/h3-5,7-8,11,16H,2,6,9-10,12,18H2,1H3/t16-/m1/s1. The average molecular weight is 254 g/mol. The van der Waals surface area contributed by atoms with Crippen LogP contribution < -0.4 is 5.73 Å². The van der Waals surface area contributed by atoms with Crippen molar-refractivity contribution in [2.45, 2.75) is 45.2 Å². The Kier molecular flexibility index (Phi) is 3.43. The molecule has 0 aliphatic heterocycles. The largest absolute Gasteiger partial charge is 0.344 e. The van der Waals surface area contributed by atoms with Crippen molar-refractivity contribution in [3.8, 4) is 0 Å². The first-order valence-electron chi connectivity index (χ1n) is 7.30. The zero-order valence-electron chi connectivity index (χ0n) is 11.6. The minimum absolute atomic E-state index is 0.242. The normalized spacial score (nSPS) is 18.3. The third kappa shape index (κ3) is 2.33. The third-order valence-corrected chi connectivity index (χ3v) is 4.20. The number of hydrogen-bond acceptors (Lipinski definition) is 1. The van der Waals surface area contributed by atoms with Crippen LogP contribution in [0.3, 0.4) is 0 Å². The summed E-state index contributed by atoms with van der Waals surface area (Å²) in [5.74, 6) is 0. The summed E-state index contributed by atoms with van der Waals surface area (Å²) in [5, 5.41) is 0. The smallest absolute Gasteiger partial charge is 0.0475 e. The van der Waals surface area contributed by atoms with Crippen LogP contribution in [0.25, 0.3) is 0 Å². The van der Waals surface area contributed by atoms with Crippen LogP contribution in [0.5, 0.6) is 0 Å². The molecule has 0 amide bonds. The molecular weight excluding hydrogens is 232 g/mol. The molecule has 1 heterocycles. The summed E-state index contributed by atoms with van der Waals surface area (Å²) in [7, 11) is 0. The molecule has 3 rings (SSSR count). The Labute approximate surface area is 115 Å². The number of aryl methyl sites for hydroxylation is 1. The van der Waals surface area contributed by atoms with E-state index in [1.54, 1.807) is 0 Å². The Morgan fingerprint density at radius 1 is 1.26 bits per heavy atom. The van der Waals surface area contributed by atoms with Crippen molar-refractivity contribution in [3.05, 3.63) is 58.9 Å². The molecule has 1 aromatic carbocycles. The maximum atomic E-state index is 6.26. The minimum atomic E-state index is 0.242. The summed E-state index contributed by atoms with van der Waals surface area (Å²) >= 11 is 0. The molecule has 2 nitrogen and oxygen atoms in total. The summed E-state index contributed by atoms with van der Waals surface area (Å²) in [4.78, 5) is 0. The van der Waals surface area contributed by atoms with Gasteiger partial charge in [0.1, 0.15) is 0 Å². The molecule has 2 aromatic rings. The Morgan fingerprint density at radius 3 is 2.79 bits per heavy atom. The van der Waals surface area contributed by atoms with Crippen molar-refractivity contribution < 1.29 is 0 Å². The van der Waals surface area contributed by atoms with E-state index in [1.165, 1.54) is 35.4 Å². The second-order valence-electron chi connectivity index (χ2n) is 5.46. The highest BCUT2D eigenvalue weighted by molar-refractivity contribution is 5.34. The van der Waals surface area contributed by atoms with E-state index in [4.69, 9.17) is 5.73 Å². The van der Waals surface area contributed by atoms with Crippen LogP contribution in [0.4, 0.5) is 0 Å². The van der Waals surface area contributed by atoms with Gasteiger partial charge in [-0.25, -0.2) is 0 Å². The van der Waals surface area contributed by atoms with Crippen molar-refractivity contribution in [2.75, 3.05) is 0 Å². The highest BCUT2D eigenvalue weighted by atomic mass is 15.0. The molecule has 1 aliphatic carbocycles. The van der Waals surface area contributed by atoms with Crippen molar-refractivity contribution >= 4 is 0 Å². The van der Waals surface area contributed by atoms with E-state index in [0.29, 0.717) is 0 Å². The van der Waals surface area contributed by atoms with Gasteiger partial charge in [0.05, 0.1) is 0 Å². The van der Waals surface area contributed by atoms with Crippen molar-refractivity contribution in [3.63, 3.8) is 0 Å². The Morgan fingerprint density at radius 2 is 2.05 bits per heavy atom. The lowest BCUT2D eigenvalue weighted by Gasteiger charge is -2.21. The SMILES string of the molecule is CCc1cc2c(n1Cc1ccccc1)CCC[C@H]2N. The fourth-order valence-corrected chi connectivity index (χ4v) is 3.17. The minimum Gasteiger partial charge on any atom is -0.344 e. The molecule has 2 N–H and O–H groups in total. The van der Waals surface area contributed by atoms with E-state index in [2.05, 4.69) is 47.9 Å². The maximum absolute atomic E-state index is 6.26. The zero-order valence-corrected chi connectivity index (χ0v) is 11.6. The fraction of sp³-hybridized carbons (Fsp3) is 0.412. The highest BCUT2D eigenvalue weighted by Crippen LogP contribution is 2.31. The Hall–Kier alpha value is -1.54. The fourth-order valence-electron chi connectivity index (χ4n) is 3.17. The van der Waals surface area contributed by atoms with Gasteiger partial charge < -0.3 is 10.3 Å². The number of benzene rings is 1. The number of nitrogens with two attached hydrogens (primary N) is 1. The van der Waals surface area contributed by atoms with E-state index in [-0.39, 0.29) is 6.04 Å². The molecule has 0 saturated carbocycles. The predicted molar refractivity (Wildman–Crippen MR) is 79.2 cm³/mol. The van der Waals surface area contributed by atoms with Crippen molar-refractivity contribution in [2.24, 2.45) is 5.73 Å². The molecule has 0 spiro atoms. The first kappa shape index (κ1) is 12.5. The number of fused-ring (bicyclic) bond motifs is 1. The van der Waals surface area contributed by atoms with Crippen LogP contribution in [0.1, 0.15) is 48.3 Å². The average Bonchev–Trinajstić information content (AvgIpc) is 2.80. The van der Waals surface area contributed by atoms with Crippen LogP contribution in [0.15, 0.2) is 36.4 Å². The zero-order chi connectivity index (χ0) is 13.2. The lowest BCUT2D eigenvalue weighted by atomic mass is 9.93. The highest BCUT2D eigenvalue weighted by Gasteiger charge is 2.22. The van der Waals surface area contributed by atoms with Gasteiger partial charge in [0.15, 0.2) is 0 Å². The lowest BCUT2D eigenvalue weighted by Crippen LogP contribution is -2.18. The van der Waals surface area contributed by atoms with Crippen LogP contribution in [-0.4, -0.2) is 4.57 Å². The second-order valence-corrected chi connectivity index (χ2v) is 5.46. The van der Waals surface area contributed by atoms with E-state index >= 15 is 0 Å². The van der Waals surface area contributed by atoms with Crippen molar-refractivity contribution in [1.29, 1.82) is 0 Å². The molecule has 0 saturated heterocycles. The summed E-state index contributed by atoms with van der Waals surface area (Å²) < 4.78 is 2.49. The van der Waals surface area contributed by atoms with Crippen LogP contribution >= 0.6 is 0 Å². The Bertz CT molecular complexity index is 554. The molecule has 1 aromatic heterocycles. The molecule has 1 aliphatic rings. The summed E-state index contributed by atoms with van der Waals surface area (Å²) in [6.45, 7) is 3.21. The summed E-state index contributed by atoms with van der Waals surface area (Å²) in [5.41, 5.74) is 11.9. The van der Waals surface area contributed by atoms with Gasteiger partial charge >= 0.3 is 0 Å². The van der Waals surface area contributed by atoms with Gasteiger partial charge in [0.2, 0.25) is 0 Å². The van der Waals surface area contributed by atoms with E-state index in [0.717, 1.165) is 19.4 Å². The van der Waals surface area contributed by atoms with E-state index in [1.807, 2.05) is 0 Å². The predicted octanol–water partition coefficient (Wildman–Crippen LogP) is 3.43. The molecule has 0 fully saturated rings. The van der Waals surface area contributed by atoms with E-state index < -0.39 is 0 Å². The molecule has 0 bridgehead atoms. The lowest BCUT2D eigenvalue weighted by molar-refractivity contribution is 0.545. The van der Waals surface area contributed by atoms with Gasteiger partial charge in [-0.3, -0.25) is 0 Å². The molecule has 0 unspecified atom stereocenters. The molecule has 19 heavy (non-hydrogen) atoms. The number of rotatable bonds is 3. The van der Waals surface area contributed by atoms with Gasteiger partial charge in [-0.2, -0.15) is 0 Å². The van der Waals surface area contributed by atoms with Gasteiger partial charge in [-0.1, -0.05) is 37.3 Å². The topological polar surface area (TPSA) is 30.9 Å². The molecule has 100 valence electrons. The molecule has 1 atom stereocenters. The first-order chi connectivity index (χ1) is 9.29. The van der Waals surface area contributed by atoms with E-state index in [9.17, 15) is 0 Å². The molecule has 2 heteroatoms. The van der Waals surface area contributed by atoms with Gasteiger partial charge in [-0.05, 0) is 42.9 Å². The van der Waals surface area contributed by atoms with Crippen LogP contribution in [-0.2, 0) is 19.4 Å². The number of hydrogen-bond donors (Lipinski definition) is 1.